The number of methoxy groups -OCH3 is 1. The highest BCUT2D eigenvalue weighted by molar-refractivity contribution is 5.95. The number of hydrogen-bond acceptors (Lipinski definition) is 3. The Labute approximate surface area is 171 Å². The summed E-state index contributed by atoms with van der Waals surface area (Å²) >= 11 is 0. The van der Waals surface area contributed by atoms with Crippen LogP contribution in [0.3, 0.4) is 0 Å². The second-order valence-corrected chi connectivity index (χ2v) is 6.38. The number of Topliss-reactive ketones (excluding diaryl/α,β-unsaturated/α-hetero) is 1. The lowest BCUT2D eigenvalue weighted by Gasteiger charge is -2.14. The van der Waals surface area contributed by atoms with Crippen LogP contribution in [-0.2, 0) is 6.42 Å². The molecular weight excluding hydrogens is 377 g/mol. The normalized spacial score (nSPS) is 10.1. The number of carbonyl (C=O) groups excluding carboxylic acids is 1. The first-order valence-corrected chi connectivity index (χ1v) is 8.77. The van der Waals surface area contributed by atoms with Gasteiger partial charge in [-0.05, 0) is 47.9 Å². The number of anilines is 1. The topological polar surface area (TPSA) is 38.3 Å². The summed E-state index contributed by atoms with van der Waals surface area (Å²) in [5.74, 6) is 0.0623. The lowest BCUT2D eigenvalue weighted by Crippen LogP contribution is -2.00. The highest BCUT2D eigenvalue weighted by Crippen LogP contribution is 2.35. The fraction of sp³-hybridized carbons (Fsp3) is 0.174. The molecule has 5 heteroatoms. The van der Waals surface area contributed by atoms with Crippen LogP contribution in [0, 0.1) is 5.82 Å². The van der Waals surface area contributed by atoms with Gasteiger partial charge in [-0.15, -0.1) is 12.4 Å². The SMILES string of the molecule is CNc1ccc(Cc2ccc(OC)c(-c3cccc(C(C)=O)c3)c2F)cc1.Cl. The highest BCUT2D eigenvalue weighted by atomic mass is 35.5. The van der Waals surface area contributed by atoms with Gasteiger partial charge in [-0.25, -0.2) is 4.39 Å². The number of nitrogens with one attached hydrogen (secondary N) is 1. The van der Waals surface area contributed by atoms with E-state index in [9.17, 15) is 4.79 Å². The van der Waals surface area contributed by atoms with Gasteiger partial charge in [-0.2, -0.15) is 0 Å². The minimum Gasteiger partial charge on any atom is -0.496 e. The van der Waals surface area contributed by atoms with Gasteiger partial charge < -0.3 is 10.1 Å². The molecular formula is C23H23ClFNO2. The van der Waals surface area contributed by atoms with Crippen molar-refractivity contribution in [3.05, 3.63) is 83.2 Å². The first kappa shape index (κ1) is 21.5. The molecule has 3 nitrogen and oxygen atoms in total. The van der Waals surface area contributed by atoms with Crippen LogP contribution in [0.1, 0.15) is 28.4 Å². The molecule has 146 valence electrons. The summed E-state index contributed by atoms with van der Waals surface area (Å²) in [5.41, 5.74) is 4.16. The van der Waals surface area contributed by atoms with Crippen LogP contribution in [0.2, 0.25) is 0 Å². The molecule has 28 heavy (non-hydrogen) atoms. The molecule has 3 rings (SSSR count). The second kappa shape index (κ2) is 9.38. The van der Waals surface area contributed by atoms with Crippen LogP contribution >= 0.6 is 12.4 Å². The fourth-order valence-corrected chi connectivity index (χ4v) is 3.08. The second-order valence-electron chi connectivity index (χ2n) is 6.38. The van der Waals surface area contributed by atoms with Crippen molar-refractivity contribution in [2.24, 2.45) is 0 Å². The Kier molecular flexibility index (Phi) is 7.18. The minimum absolute atomic E-state index is 0. The molecule has 3 aromatic carbocycles. The number of carbonyl (C=O) groups is 1. The van der Waals surface area contributed by atoms with Crippen molar-refractivity contribution in [2.75, 3.05) is 19.5 Å². The number of rotatable bonds is 6. The Morgan fingerprint density at radius 2 is 1.79 bits per heavy atom. The van der Waals surface area contributed by atoms with E-state index in [1.807, 2.05) is 31.3 Å². The van der Waals surface area contributed by atoms with Gasteiger partial charge in [0.1, 0.15) is 11.6 Å². The molecule has 0 saturated carbocycles. The molecule has 0 aromatic heterocycles. The van der Waals surface area contributed by atoms with E-state index in [0.29, 0.717) is 34.4 Å². The van der Waals surface area contributed by atoms with E-state index in [4.69, 9.17) is 4.74 Å². The monoisotopic (exact) mass is 399 g/mol. The summed E-state index contributed by atoms with van der Waals surface area (Å²) in [4.78, 5) is 11.7. The zero-order valence-electron chi connectivity index (χ0n) is 16.1. The molecule has 0 unspecified atom stereocenters. The third-order valence-corrected chi connectivity index (χ3v) is 4.60. The molecule has 3 aromatic rings. The van der Waals surface area contributed by atoms with Gasteiger partial charge in [-0.1, -0.05) is 36.4 Å². The number of ether oxygens (including phenoxy) is 1. The predicted molar refractivity (Wildman–Crippen MR) is 114 cm³/mol. The number of ketones is 1. The molecule has 0 atom stereocenters. The smallest absolute Gasteiger partial charge is 0.159 e. The van der Waals surface area contributed by atoms with Crippen LogP contribution < -0.4 is 10.1 Å². The van der Waals surface area contributed by atoms with Crippen LogP contribution in [0.4, 0.5) is 10.1 Å². The van der Waals surface area contributed by atoms with Crippen molar-refractivity contribution >= 4 is 23.9 Å². The summed E-state index contributed by atoms with van der Waals surface area (Å²) in [6.45, 7) is 1.50. The molecule has 0 fully saturated rings. The Bertz CT molecular complexity index is 971. The summed E-state index contributed by atoms with van der Waals surface area (Å²) in [7, 11) is 3.38. The standard InChI is InChI=1S/C23H22FNO2.ClH/c1-15(26)17-5-4-6-18(14-17)22-21(27-3)12-9-19(23(22)24)13-16-7-10-20(25-2)11-8-16;/h4-12,14,25H,13H2,1-3H3;1H. The zero-order chi connectivity index (χ0) is 19.4. The molecule has 1 N–H and O–H groups in total. The van der Waals surface area contributed by atoms with Crippen molar-refractivity contribution in [3.63, 3.8) is 0 Å². The van der Waals surface area contributed by atoms with Crippen molar-refractivity contribution in [1.29, 1.82) is 0 Å². The third kappa shape index (κ3) is 4.52. The zero-order valence-corrected chi connectivity index (χ0v) is 16.9. The highest BCUT2D eigenvalue weighted by Gasteiger charge is 2.17. The maximum absolute atomic E-state index is 15.4. The van der Waals surface area contributed by atoms with Gasteiger partial charge in [0.15, 0.2) is 5.78 Å². The summed E-state index contributed by atoms with van der Waals surface area (Å²) < 4.78 is 20.8. The molecule has 0 aliphatic rings. The van der Waals surface area contributed by atoms with E-state index in [2.05, 4.69) is 5.32 Å². The minimum atomic E-state index is -0.326. The van der Waals surface area contributed by atoms with E-state index >= 15 is 4.39 Å². The molecule has 0 amide bonds. The molecule has 0 bridgehead atoms. The van der Waals surface area contributed by atoms with Gasteiger partial charge >= 0.3 is 0 Å². The summed E-state index contributed by atoms with van der Waals surface area (Å²) in [6.07, 6.45) is 0.471. The van der Waals surface area contributed by atoms with Crippen LogP contribution in [-0.4, -0.2) is 19.9 Å². The Balaban J connectivity index is 0.00000280. The first-order chi connectivity index (χ1) is 13.0. The van der Waals surface area contributed by atoms with Crippen molar-refractivity contribution in [3.8, 4) is 16.9 Å². The van der Waals surface area contributed by atoms with Crippen molar-refractivity contribution in [1.82, 2.24) is 0 Å². The Morgan fingerprint density at radius 3 is 2.39 bits per heavy atom. The maximum atomic E-state index is 15.4. The van der Waals surface area contributed by atoms with E-state index in [1.54, 1.807) is 36.4 Å². The van der Waals surface area contributed by atoms with Gasteiger partial charge in [-0.3, -0.25) is 4.79 Å². The molecule has 0 spiro atoms. The van der Waals surface area contributed by atoms with E-state index in [0.717, 1.165) is 11.3 Å². The van der Waals surface area contributed by atoms with E-state index in [-0.39, 0.29) is 24.0 Å². The largest absolute Gasteiger partial charge is 0.496 e. The molecule has 0 aliphatic carbocycles. The molecule has 0 heterocycles. The predicted octanol–water partition coefficient (Wildman–Crippen LogP) is 5.76. The Hall–Kier alpha value is -2.85. The fourth-order valence-electron chi connectivity index (χ4n) is 3.08. The third-order valence-electron chi connectivity index (χ3n) is 4.60. The maximum Gasteiger partial charge on any atom is 0.159 e. The molecule has 0 aliphatic heterocycles. The van der Waals surface area contributed by atoms with Gasteiger partial charge in [0, 0.05) is 24.7 Å². The van der Waals surface area contributed by atoms with Crippen molar-refractivity contribution in [2.45, 2.75) is 13.3 Å². The van der Waals surface area contributed by atoms with Crippen LogP contribution in [0.5, 0.6) is 5.75 Å². The quantitative estimate of drug-likeness (QED) is 0.535. The number of halogens is 2. The number of benzene rings is 3. The van der Waals surface area contributed by atoms with Crippen molar-refractivity contribution < 1.29 is 13.9 Å². The summed E-state index contributed by atoms with van der Waals surface area (Å²) in [5, 5.41) is 3.07. The average molecular weight is 400 g/mol. The summed E-state index contributed by atoms with van der Waals surface area (Å²) in [6, 6.07) is 18.4. The lowest BCUT2D eigenvalue weighted by molar-refractivity contribution is 0.101. The van der Waals surface area contributed by atoms with Crippen LogP contribution in [0.25, 0.3) is 11.1 Å². The van der Waals surface area contributed by atoms with Crippen LogP contribution in [0.15, 0.2) is 60.7 Å². The number of hydrogen-bond donors (Lipinski definition) is 1. The first-order valence-electron chi connectivity index (χ1n) is 8.77. The lowest BCUT2D eigenvalue weighted by atomic mass is 9.95. The van der Waals surface area contributed by atoms with Gasteiger partial charge in [0.2, 0.25) is 0 Å². The Morgan fingerprint density at radius 1 is 1.07 bits per heavy atom. The van der Waals surface area contributed by atoms with E-state index in [1.165, 1.54) is 14.0 Å². The molecule has 0 saturated heterocycles. The van der Waals surface area contributed by atoms with Gasteiger partial charge in [0.05, 0.1) is 12.7 Å². The van der Waals surface area contributed by atoms with E-state index < -0.39 is 0 Å². The molecule has 0 radical (unpaired) electrons. The van der Waals surface area contributed by atoms with Gasteiger partial charge in [0.25, 0.3) is 0 Å². The average Bonchev–Trinajstić information content (AvgIpc) is 2.70.